The number of carbonyl (C=O) groups excluding carboxylic acids is 1. The van der Waals surface area contributed by atoms with E-state index in [1.54, 1.807) is 19.4 Å². The van der Waals surface area contributed by atoms with E-state index in [1.165, 1.54) is 4.80 Å². The van der Waals surface area contributed by atoms with Crippen molar-refractivity contribution in [1.29, 1.82) is 0 Å². The smallest absolute Gasteiger partial charge is 0.410 e. The summed E-state index contributed by atoms with van der Waals surface area (Å²) in [5.41, 5.74) is 5.19. The van der Waals surface area contributed by atoms with E-state index in [0.29, 0.717) is 40.5 Å². The third kappa shape index (κ3) is 4.92. The van der Waals surface area contributed by atoms with Gasteiger partial charge in [0, 0.05) is 40.7 Å². The van der Waals surface area contributed by atoms with Crippen LogP contribution in [0.4, 0.5) is 4.79 Å². The van der Waals surface area contributed by atoms with Crippen LogP contribution in [0.15, 0.2) is 16.7 Å². The van der Waals surface area contributed by atoms with Gasteiger partial charge in [-0.05, 0) is 43.8 Å². The number of amides is 2. The van der Waals surface area contributed by atoms with Crippen molar-refractivity contribution < 1.29 is 19.4 Å². The fraction of sp³-hybridized carbons (Fsp3) is 0.391. The summed E-state index contributed by atoms with van der Waals surface area (Å²) >= 11 is 1.16. The number of nitrogens with one attached hydrogen (secondary N) is 2. The van der Waals surface area contributed by atoms with E-state index in [-0.39, 0.29) is 18.3 Å². The second-order valence-corrected chi connectivity index (χ2v) is 8.90. The number of ether oxygens (including phenoxy) is 1. The molecule has 1 aliphatic carbocycles. The quantitative estimate of drug-likeness (QED) is 0.334. The van der Waals surface area contributed by atoms with Crippen LogP contribution in [-0.2, 0) is 12.3 Å². The molecule has 0 radical (unpaired) electrons. The standard InChI is InChI=1S/C23H27N7O4S/c1-5-6-7-24-22(31)14-8-16-18-15(14)11-35-29-21(26-23(32)33)19(18)28-30(27-16)10-17-13(3)20(34-4)12(2)9-25-17/h8-9H,5-7,10-11H2,1-4H3,(H,24,31)(H,26,29)(H,32,33). The fourth-order valence-corrected chi connectivity index (χ4v) is 4.81. The average molecular weight is 498 g/mol. The Morgan fingerprint density at radius 1 is 1.29 bits per heavy atom. The molecule has 2 aliphatic heterocycles. The zero-order valence-corrected chi connectivity index (χ0v) is 20.8. The number of nitrogens with zero attached hydrogens (tertiary/aromatic N) is 5. The zero-order valence-electron chi connectivity index (χ0n) is 20.0. The summed E-state index contributed by atoms with van der Waals surface area (Å²) in [7, 11) is 1.61. The molecule has 1 aromatic heterocycles. The van der Waals surface area contributed by atoms with Crippen LogP contribution in [0.5, 0.6) is 5.75 Å². The molecule has 0 aromatic carbocycles. The summed E-state index contributed by atoms with van der Waals surface area (Å²) in [4.78, 5) is 30.4. The van der Waals surface area contributed by atoms with Crippen LogP contribution >= 0.6 is 11.9 Å². The van der Waals surface area contributed by atoms with E-state index in [1.807, 2.05) is 13.8 Å². The molecule has 11 nitrogen and oxygen atoms in total. The maximum atomic E-state index is 13.0. The third-order valence-electron chi connectivity index (χ3n) is 5.76. The maximum Gasteiger partial charge on any atom is 0.410 e. The van der Waals surface area contributed by atoms with Gasteiger partial charge < -0.3 is 15.2 Å². The van der Waals surface area contributed by atoms with Gasteiger partial charge >= 0.3 is 6.09 Å². The minimum atomic E-state index is -1.25. The van der Waals surface area contributed by atoms with Crippen LogP contribution in [0.1, 0.15) is 58.2 Å². The van der Waals surface area contributed by atoms with Gasteiger partial charge in [-0.1, -0.05) is 13.3 Å². The number of unbranched alkanes of at least 4 members (excludes halogenated alkanes) is 1. The lowest BCUT2D eigenvalue weighted by molar-refractivity contribution is 0.0953. The normalized spacial score (nSPS) is 12.7. The Kier molecular flexibility index (Phi) is 7.20. The Bertz CT molecular complexity index is 1290. The molecule has 3 N–H and O–H groups in total. The first-order valence-electron chi connectivity index (χ1n) is 11.2. The summed E-state index contributed by atoms with van der Waals surface area (Å²) in [6, 6.07) is 1.73. The number of aromatic nitrogens is 4. The van der Waals surface area contributed by atoms with Crippen molar-refractivity contribution in [2.24, 2.45) is 4.40 Å². The molecular formula is C23H27N7O4S. The first-order valence-corrected chi connectivity index (χ1v) is 12.2. The Morgan fingerprint density at radius 3 is 2.80 bits per heavy atom. The van der Waals surface area contributed by atoms with Crippen molar-refractivity contribution in [3.05, 3.63) is 45.9 Å². The Hall–Kier alpha value is -3.67. The minimum absolute atomic E-state index is 0.0945. The van der Waals surface area contributed by atoms with Gasteiger partial charge in [-0.3, -0.25) is 15.1 Å². The van der Waals surface area contributed by atoms with Gasteiger partial charge in [0.2, 0.25) is 0 Å². The van der Waals surface area contributed by atoms with Gasteiger partial charge in [0.15, 0.2) is 5.84 Å². The fourth-order valence-electron chi connectivity index (χ4n) is 4.06. The summed E-state index contributed by atoms with van der Waals surface area (Å²) in [5.74, 6) is 1.03. The highest BCUT2D eigenvalue weighted by Crippen LogP contribution is 2.38. The van der Waals surface area contributed by atoms with Crippen LogP contribution in [0, 0.1) is 13.8 Å². The van der Waals surface area contributed by atoms with E-state index < -0.39 is 6.09 Å². The predicted octanol–water partition coefficient (Wildman–Crippen LogP) is 3.16. The molecule has 0 fully saturated rings. The Morgan fingerprint density at radius 2 is 2.09 bits per heavy atom. The third-order valence-corrected chi connectivity index (χ3v) is 6.48. The average Bonchev–Trinajstić information content (AvgIpc) is 3.08. The van der Waals surface area contributed by atoms with Crippen molar-refractivity contribution >= 4 is 29.8 Å². The SMILES string of the molecule is CCCCNC(=O)c1cc2nn(Cc3ncc(C)c(OC)c3C)nc3c-2c1CSN=C3NC(=O)O. The van der Waals surface area contributed by atoms with Crippen LogP contribution in [0.25, 0.3) is 11.3 Å². The first kappa shape index (κ1) is 24.5. The monoisotopic (exact) mass is 497 g/mol. The van der Waals surface area contributed by atoms with E-state index >= 15 is 0 Å². The molecule has 0 saturated carbocycles. The number of rotatable bonds is 7. The predicted molar refractivity (Wildman–Crippen MR) is 132 cm³/mol. The number of methoxy groups -OCH3 is 1. The van der Waals surface area contributed by atoms with Crippen molar-refractivity contribution in [2.45, 2.75) is 45.9 Å². The molecule has 0 spiro atoms. The first-order chi connectivity index (χ1) is 16.8. The number of carbonyl (C=O) groups is 2. The zero-order chi connectivity index (χ0) is 25.1. The molecule has 0 unspecified atom stereocenters. The van der Waals surface area contributed by atoms with Gasteiger partial charge in [-0.25, -0.2) is 4.79 Å². The molecule has 2 amide bonds. The number of aryl methyl sites for hydroxylation is 1. The van der Waals surface area contributed by atoms with Crippen LogP contribution in [-0.4, -0.2) is 56.6 Å². The summed E-state index contributed by atoms with van der Waals surface area (Å²) < 4.78 is 9.84. The summed E-state index contributed by atoms with van der Waals surface area (Å²) in [6.45, 7) is 6.68. The number of amidine groups is 1. The van der Waals surface area contributed by atoms with Crippen LogP contribution < -0.4 is 15.4 Å². The van der Waals surface area contributed by atoms with Gasteiger partial charge in [0.1, 0.15) is 18.0 Å². The highest BCUT2D eigenvalue weighted by molar-refractivity contribution is 7.97. The molecule has 0 bridgehead atoms. The van der Waals surface area contributed by atoms with Crippen molar-refractivity contribution in [1.82, 2.24) is 30.6 Å². The molecule has 4 rings (SSSR count). The van der Waals surface area contributed by atoms with E-state index in [0.717, 1.165) is 47.2 Å². The lowest BCUT2D eigenvalue weighted by atomic mass is 10.1. The second-order valence-electron chi connectivity index (χ2n) is 8.17. The number of hydrogen-bond donors (Lipinski definition) is 3. The second kappa shape index (κ2) is 10.3. The van der Waals surface area contributed by atoms with Crippen molar-refractivity contribution in [3.63, 3.8) is 0 Å². The van der Waals surface area contributed by atoms with Gasteiger partial charge in [-0.15, -0.1) is 0 Å². The minimum Gasteiger partial charge on any atom is -0.496 e. The molecule has 35 heavy (non-hydrogen) atoms. The topological polar surface area (TPSA) is 144 Å². The highest BCUT2D eigenvalue weighted by Gasteiger charge is 2.31. The molecule has 12 heteroatoms. The molecule has 3 heterocycles. The van der Waals surface area contributed by atoms with E-state index in [2.05, 4.69) is 37.1 Å². The lowest BCUT2D eigenvalue weighted by Gasteiger charge is -2.15. The molecule has 0 atom stereocenters. The number of pyridine rings is 1. The number of hydrogen-bond acceptors (Lipinski definition) is 8. The maximum absolute atomic E-state index is 13.0. The highest BCUT2D eigenvalue weighted by atomic mass is 32.2. The Labute approximate surface area is 206 Å². The van der Waals surface area contributed by atoms with Crippen LogP contribution in [0.2, 0.25) is 0 Å². The number of carboxylic acid groups (broad SMARTS) is 1. The summed E-state index contributed by atoms with van der Waals surface area (Å²) in [5, 5.41) is 23.9. The summed E-state index contributed by atoms with van der Waals surface area (Å²) in [6.07, 6.45) is 2.32. The lowest BCUT2D eigenvalue weighted by Crippen LogP contribution is -2.32. The Balaban J connectivity index is 1.82. The molecular weight excluding hydrogens is 470 g/mol. The van der Waals surface area contributed by atoms with Gasteiger partial charge in [0.25, 0.3) is 5.91 Å². The molecule has 184 valence electrons. The molecule has 0 saturated heterocycles. The van der Waals surface area contributed by atoms with E-state index in [4.69, 9.17) is 4.74 Å². The van der Waals surface area contributed by atoms with Crippen LogP contribution in [0.3, 0.4) is 0 Å². The largest absolute Gasteiger partial charge is 0.496 e. The van der Waals surface area contributed by atoms with Gasteiger partial charge in [0.05, 0.1) is 18.5 Å². The molecule has 1 aromatic rings. The van der Waals surface area contributed by atoms with E-state index in [9.17, 15) is 14.7 Å². The molecule has 3 aliphatic rings. The van der Waals surface area contributed by atoms with Crippen molar-refractivity contribution in [3.8, 4) is 17.0 Å². The van der Waals surface area contributed by atoms with Crippen molar-refractivity contribution in [2.75, 3.05) is 13.7 Å². The van der Waals surface area contributed by atoms with Gasteiger partial charge in [-0.2, -0.15) is 19.4 Å².